The molecule has 0 aromatic heterocycles. The molecule has 2 N–H and O–H groups in total. The van der Waals surface area contributed by atoms with Gasteiger partial charge in [0.2, 0.25) is 5.91 Å². The summed E-state index contributed by atoms with van der Waals surface area (Å²) >= 11 is 0. The lowest BCUT2D eigenvalue weighted by molar-refractivity contribution is -0.160. The number of carbonyl (C=O) groups is 4. The first-order chi connectivity index (χ1) is 12.0. The number of hydrogen-bond donors (Lipinski definition) is 1. The number of likely N-dealkylation sites (tertiary alicyclic amines) is 1. The van der Waals surface area contributed by atoms with Crippen LogP contribution in [-0.2, 0) is 23.9 Å². The van der Waals surface area contributed by atoms with Gasteiger partial charge in [-0.1, -0.05) is 6.42 Å². The number of esters is 1. The predicted octanol–water partition coefficient (Wildman–Crippen LogP) is 0.791. The van der Waals surface area contributed by atoms with Crippen molar-refractivity contribution in [3.8, 4) is 0 Å². The fourth-order valence-electron chi connectivity index (χ4n) is 4.53. The number of piperidine rings is 1. The van der Waals surface area contributed by atoms with Crippen LogP contribution in [0, 0.1) is 17.8 Å². The monoisotopic (exact) mass is 350 g/mol. The summed E-state index contributed by atoms with van der Waals surface area (Å²) in [7, 11) is 0. The highest BCUT2D eigenvalue weighted by atomic mass is 16.5. The number of hydrogen-bond acceptors (Lipinski definition) is 5. The minimum absolute atomic E-state index is 0.0258. The third-order valence-corrected chi connectivity index (χ3v) is 5.87. The van der Waals surface area contributed by atoms with Crippen LogP contribution in [0.3, 0.4) is 0 Å². The van der Waals surface area contributed by atoms with Crippen molar-refractivity contribution in [2.24, 2.45) is 23.5 Å². The number of ketones is 1. The summed E-state index contributed by atoms with van der Waals surface area (Å²) in [6.07, 6.45) is 6.06. The van der Waals surface area contributed by atoms with Gasteiger partial charge >= 0.3 is 5.97 Å². The van der Waals surface area contributed by atoms with E-state index in [1.54, 1.807) is 0 Å². The molecule has 1 saturated heterocycles. The molecule has 7 nitrogen and oxygen atoms in total. The van der Waals surface area contributed by atoms with Gasteiger partial charge in [-0.3, -0.25) is 19.2 Å². The van der Waals surface area contributed by atoms with Crippen molar-refractivity contribution in [2.75, 3.05) is 13.2 Å². The highest BCUT2D eigenvalue weighted by Gasteiger charge is 2.42. The number of amides is 2. The number of nitrogens with zero attached hydrogens (tertiary/aromatic N) is 1. The number of nitrogens with two attached hydrogens (primary N) is 1. The largest absolute Gasteiger partial charge is 0.455 e. The summed E-state index contributed by atoms with van der Waals surface area (Å²) in [6.45, 7) is 0.106. The number of rotatable bonds is 4. The fourth-order valence-corrected chi connectivity index (χ4v) is 4.53. The van der Waals surface area contributed by atoms with E-state index < -0.39 is 17.9 Å². The second-order valence-electron chi connectivity index (χ2n) is 7.50. The van der Waals surface area contributed by atoms with Crippen molar-refractivity contribution in [3.63, 3.8) is 0 Å². The van der Waals surface area contributed by atoms with Crippen LogP contribution in [0.2, 0.25) is 0 Å². The molecule has 7 heteroatoms. The SMILES string of the molecule is NC(=O)[C@H]1CCCCN1C(=O)COC(=O)C1C[C@H]2CCC[C@@H](C1)C2=O. The molecule has 1 unspecified atom stereocenters. The Kier molecular flexibility index (Phi) is 5.39. The van der Waals surface area contributed by atoms with Crippen molar-refractivity contribution >= 4 is 23.6 Å². The molecule has 2 aliphatic carbocycles. The summed E-state index contributed by atoms with van der Waals surface area (Å²) in [5.41, 5.74) is 5.36. The van der Waals surface area contributed by atoms with Crippen LogP contribution < -0.4 is 5.73 Å². The van der Waals surface area contributed by atoms with Gasteiger partial charge in [0.05, 0.1) is 5.92 Å². The van der Waals surface area contributed by atoms with E-state index in [2.05, 4.69) is 0 Å². The number of ether oxygens (including phenoxy) is 1. The van der Waals surface area contributed by atoms with Gasteiger partial charge in [-0.25, -0.2) is 0 Å². The van der Waals surface area contributed by atoms with Crippen LogP contribution in [0.4, 0.5) is 0 Å². The quantitative estimate of drug-likeness (QED) is 0.755. The van der Waals surface area contributed by atoms with E-state index in [1.807, 2.05) is 0 Å². The molecule has 25 heavy (non-hydrogen) atoms. The summed E-state index contributed by atoms with van der Waals surface area (Å²) < 4.78 is 5.23. The van der Waals surface area contributed by atoms with Gasteiger partial charge in [0.15, 0.2) is 6.61 Å². The van der Waals surface area contributed by atoms with Crippen molar-refractivity contribution in [3.05, 3.63) is 0 Å². The minimum Gasteiger partial charge on any atom is -0.455 e. The van der Waals surface area contributed by atoms with Crippen molar-refractivity contribution in [1.29, 1.82) is 0 Å². The summed E-state index contributed by atoms with van der Waals surface area (Å²) in [5, 5.41) is 0. The second kappa shape index (κ2) is 7.54. The molecule has 0 spiro atoms. The van der Waals surface area contributed by atoms with Gasteiger partial charge < -0.3 is 15.4 Å². The summed E-state index contributed by atoms with van der Waals surface area (Å²) in [6, 6.07) is -0.605. The molecule has 138 valence electrons. The van der Waals surface area contributed by atoms with Crippen molar-refractivity contribution < 1.29 is 23.9 Å². The molecule has 3 rings (SSSR count). The standard InChI is InChI=1S/C18H26N2O5/c19-17(23)14-6-1-2-7-20(14)15(21)10-25-18(24)13-8-11-4-3-5-12(9-13)16(11)22/h11-14H,1-10H2,(H2,19,23)/t11-,12+,13?,14-/m1/s1. The highest BCUT2D eigenvalue weighted by molar-refractivity contribution is 5.89. The molecule has 1 aliphatic heterocycles. The molecule has 0 aromatic rings. The van der Waals surface area contributed by atoms with E-state index in [0.717, 1.165) is 32.1 Å². The molecule has 2 saturated carbocycles. The zero-order valence-electron chi connectivity index (χ0n) is 14.4. The molecule has 0 aromatic carbocycles. The van der Waals surface area contributed by atoms with E-state index in [0.29, 0.717) is 31.6 Å². The second-order valence-corrected chi connectivity index (χ2v) is 7.50. The van der Waals surface area contributed by atoms with E-state index >= 15 is 0 Å². The maximum atomic E-state index is 12.3. The number of Topliss-reactive ketones (excluding diaryl/α,β-unsaturated/α-hetero) is 1. The van der Waals surface area contributed by atoms with Gasteiger partial charge in [-0.2, -0.15) is 0 Å². The van der Waals surface area contributed by atoms with Crippen LogP contribution >= 0.6 is 0 Å². The normalized spacial score (nSPS) is 32.2. The van der Waals surface area contributed by atoms with Crippen LogP contribution in [0.25, 0.3) is 0 Å². The topological polar surface area (TPSA) is 107 Å². The Hall–Kier alpha value is -1.92. The molecule has 3 aliphatic rings. The molecule has 3 fully saturated rings. The van der Waals surface area contributed by atoms with Gasteiger partial charge in [0.1, 0.15) is 11.8 Å². The Morgan fingerprint density at radius 2 is 1.72 bits per heavy atom. The smallest absolute Gasteiger partial charge is 0.309 e. The molecule has 0 radical (unpaired) electrons. The van der Waals surface area contributed by atoms with Crippen molar-refractivity contribution in [2.45, 2.75) is 57.4 Å². The van der Waals surface area contributed by atoms with Gasteiger partial charge in [-0.05, 0) is 44.9 Å². The number of primary amides is 1. The van der Waals surface area contributed by atoms with E-state index in [9.17, 15) is 19.2 Å². The maximum absolute atomic E-state index is 12.3. The van der Waals surface area contributed by atoms with E-state index in [1.165, 1.54) is 4.90 Å². The Morgan fingerprint density at radius 3 is 2.36 bits per heavy atom. The zero-order valence-corrected chi connectivity index (χ0v) is 14.4. The third kappa shape index (κ3) is 3.85. The summed E-state index contributed by atoms with van der Waals surface area (Å²) in [5.74, 6) is -1.34. The van der Waals surface area contributed by atoms with Crippen LogP contribution in [0.5, 0.6) is 0 Å². The Morgan fingerprint density at radius 1 is 1.04 bits per heavy atom. The molecule has 4 atom stereocenters. The van der Waals surface area contributed by atoms with E-state index in [-0.39, 0.29) is 30.3 Å². The average Bonchev–Trinajstić information content (AvgIpc) is 2.59. The molecular weight excluding hydrogens is 324 g/mol. The fraction of sp³-hybridized carbons (Fsp3) is 0.778. The molecule has 1 heterocycles. The van der Waals surface area contributed by atoms with Gasteiger partial charge in [0, 0.05) is 18.4 Å². The first-order valence-corrected chi connectivity index (χ1v) is 9.26. The Balaban J connectivity index is 1.52. The number of fused-ring (bicyclic) bond motifs is 2. The maximum Gasteiger partial charge on any atom is 0.309 e. The van der Waals surface area contributed by atoms with Crippen molar-refractivity contribution in [1.82, 2.24) is 4.90 Å². The first-order valence-electron chi connectivity index (χ1n) is 9.26. The number of carbonyl (C=O) groups excluding carboxylic acids is 4. The zero-order chi connectivity index (χ0) is 18.0. The molecule has 2 amide bonds. The summed E-state index contributed by atoms with van der Waals surface area (Å²) in [4.78, 5) is 49.7. The Labute approximate surface area is 147 Å². The van der Waals surface area contributed by atoms with E-state index in [4.69, 9.17) is 10.5 Å². The van der Waals surface area contributed by atoms with Crippen LogP contribution in [-0.4, -0.2) is 47.7 Å². The average molecular weight is 350 g/mol. The lowest BCUT2D eigenvalue weighted by atomic mass is 9.67. The minimum atomic E-state index is -0.605. The third-order valence-electron chi connectivity index (χ3n) is 5.87. The van der Waals surface area contributed by atoms with Gasteiger partial charge in [-0.15, -0.1) is 0 Å². The predicted molar refractivity (Wildman–Crippen MR) is 88.1 cm³/mol. The van der Waals surface area contributed by atoms with Crippen LogP contribution in [0.1, 0.15) is 51.4 Å². The lowest BCUT2D eigenvalue weighted by Crippen LogP contribution is -2.51. The van der Waals surface area contributed by atoms with Crippen LogP contribution in [0.15, 0.2) is 0 Å². The first kappa shape index (κ1) is 17.9. The lowest BCUT2D eigenvalue weighted by Gasteiger charge is -2.36. The molecule has 2 bridgehead atoms. The Bertz CT molecular complexity index is 560. The highest BCUT2D eigenvalue weighted by Crippen LogP contribution is 2.40. The molecular formula is C18H26N2O5. The van der Waals surface area contributed by atoms with Gasteiger partial charge in [0.25, 0.3) is 5.91 Å².